The standard InChI is InChI=1S/C24H33FN4O3/c1-16(2)17(3)29(24(31)27-20-9-7-8-19(25)13-20)14-18-12-21(26-23(30)15-32-6)10-11-22(18)28(4)5/h7-13,16-17H,14-15H2,1-6H3,(H,26,30)(H,27,31). The van der Waals surface area contributed by atoms with Gasteiger partial charge < -0.3 is 25.2 Å². The molecule has 0 aliphatic heterocycles. The third kappa shape index (κ3) is 6.95. The number of benzene rings is 2. The Morgan fingerprint density at radius 3 is 2.31 bits per heavy atom. The summed E-state index contributed by atoms with van der Waals surface area (Å²) >= 11 is 0. The van der Waals surface area contributed by atoms with Crippen molar-refractivity contribution in [3.8, 4) is 0 Å². The molecule has 2 N–H and O–H groups in total. The predicted molar refractivity (Wildman–Crippen MR) is 127 cm³/mol. The SMILES string of the molecule is COCC(=O)Nc1ccc(N(C)C)c(CN(C(=O)Nc2cccc(F)c2)C(C)C(C)C)c1. The van der Waals surface area contributed by atoms with Crippen LogP contribution in [-0.2, 0) is 16.1 Å². The number of urea groups is 1. The molecule has 3 amide bonds. The largest absolute Gasteiger partial charge is 0.377 e. The first-order valence-electron chi connectivity index (χ1n) is 10.5. The number of hydrogen-bond acceptors (Lipinski definition) is 4. The van der Waals surface area contributed by atoms with Crippen molar-refractivity contribution >= 4 is 29.0 Å². The van der Waals surface area contributed by atoms with Crippen LogP contribution in [0.1, 0.15) is 26.3 Å². The average Bonchev–Trinajstić information content (AvgIpc) is 2.71. The number of ether oxygens (including phenoxy) is 1. The summed E-state index contributed by atoms with van der Waals surface area (Å²) in [6.45, 7) is 6.33. The summed E-state index contributed by atoms with van der Waals surface area (Å²) in [6, 6.07) is 11.0. The molecule has 7 nitrogen and oxygen atoms in total. The van der Waals surface area contributed by atoms with Crippen LogP contribution in [0.25, 0.3) is 0 Å². The molecule has 0 aliphatic rings. The first-order valence-corrected chi connectivity index (χ1v) is 10.5. The number of nitrogens with zero attached hydrogens (tertiary/aromatic N) is 2. The molecule has 174 valence electrons. The number of carbonyl (C=O) groups is 2. The molecule has 0 aliphatic carbocycles. The highest BCUT2D eigenvalue weighted by atomic mass is 19.1. The molecular weight excluding hydrogens is 411 g/mol. The number of amides is 3. The Labute approximate surface area is 189 Å². The van der Waals surface area contributed by atoms with Gasteiger partial charge in [-0.25, -0.2) is 9.18 Å². The predicted octanol–water partition coefficient (Wildman–Crippen LogP) is 4.56. The molecule has 0 aromatic heterocycles. The van der Waals surface area contributed by atoms with E-state index in [2.05, 4.69) is 10.6 Å². The van der Waals surface area contributed by atoms with E-state index in [1.807, 2.05) is 58.0 Å². The second-order valence-electron chi connectivity index (χ2n) is 8.27. The summed E-state index contributed by atoms with van der Waals surface area (Å²) < 4.78 is 18.5. The lowest BCUT2D eigenvalue weighted by Gasteiger charge is -2.33. The van der Waals surface area contributed by atoms with Crippen molar-refractivity contribution in [2.75, 3.05) is 43.3 Å². The molecule has 2 aromatic rings. The molecule has 0 radical (unpaired) electrons. The van der Waals surface area contributed by atoms with E-state index in [0.717, 1.165) is 11.3 Å². The van der Waals surface area contributed by atoms with Crippen molar-refractivity contribution in [2.24, 2.45) is 5.92 Å². The van der Waals surface area contributed by atoms with Crippen LogP contribution in [0.4, 0.5) is 26.2 Å². The molecule has 0 bridgehead atoms. The molecule has 0 heterocycles. The van der Waals surface area contributed by atoms with Gasteiger partial charge in [0.2, 0.25) is 5.91 Å². The minimum absolute atomic E-state index is 0.0443. The zero-order chi connectivity index (χ0) is 23.8. The highest BCUT2D eigenvalue weighted by Crippen LogP contribution is 2.27. The Morgan fingerprint density at radius 2 is 1.72 bits per heavy atom. The van der Waals surface area contributed by atoms with Gasteiger partial charge in [-0.2, -0.15) is 0 Å². The Kier molecular flexibility index (Phi) is 9.02. The van der Waals surface area contributed by atoms with Crippen molar-refractivity contribution in [1.82, 2.24) is 4.90 Å². The summed E-state index contributed by atoms with van der Waals surface area (Å²) in [6.07, 6.45) is 0. The van der Waals surface area contributed by atoms with Crippen LogP contribution in [0.3, 0.4) is 0 Å². The van der Waals surface area contributed by atoms with E-state index in [1.54, 1.807) is 17.0 Å². The van der Waals surface area contributed by atoms with Crippen LogP contribution in [0.5, 0.6) is 0 Å². The van der Waals surface area contributed by atoms with Crippen LogP contribution in [-0.4, -0.2) is 50.7 Å². The number of carbonyl (C=O) groups excluding carboxylic acids is 2. The highest BCUT2D eigenvalue weighted by molar-refractivity contribution is 5.92. The number of halogens is 1. The zero-order valence-electron chi connectivity index (χ0n) is 19.6. The normalized spacial score (nSPS) is 11.8. The molecule has 8 heteroatoms. The Morgan fingerprint density at radius 1 is 1.03 bits per heavy atom. The van der Waals surface area contributed by atoms with E-state index in [0.29, 0.717) is 17.9 Å². The molecule has 0 saturated heterocycles. The van der Waals surface area contributed by atoms with E-state index in [9.17, 15) is 14.0 Å². The van der Waals surface area contributed by atoms with Gasteiger partial charge in [-0.3, -0.25) is 4.79 Å². The van der Waals surface area contributed by atoms with E-state index >= 15 is 0 Å². The van der Waals surface area contributed by atoms with Crippen molar-refractivity contribution in [1.29, 1.82) is 0 Å². The summed E-state index contributed by atoms with van der Waals surface area (Å²) in [7, 11) is 5.30. The fourth-order valence-corrected chi connectivity index (χ4v) is 3.26. The number of hydrogen-bond donors (Lipinski definition) is 2. The summed E-state index contributed by atoms with van der Waals surface area (Å²) in [4.78, 5) is 28.8. The average molecular weight is 445 g/mol. The third-order valence-electron chi connectivity index (χ3n) is 5.25. The number of anilines is 3. The lowest BCUT2D eigenvalue weighted by Crippen LogP contribution is -2.43. The van der Waals surface area contributed by atoms with Gasteiger partial charge >= 0.3 is 6.03 Å². The maximum Gasteiger partial charge on any atom is 0.322 e. The van der Waals surface area contributed by atoms with Gasteiger partial charge in [-0.05, 0) is 54.8 Å². The lowest BCUT2D eigenvalue weighted by atomic mass is 10.0. The Bertz CT molecular complexity index is 933. The van der Waals surface area contributed by atoms with Crippen LogP contribution < -0.4 is 15.5 Å². The van der Waals surface area contributed by atoms with Gasteiger partial charge in [0.25, 0.3) is 0 Å². The van der Waals surface area contributed by atoms with E-state index in [4.69, 9.17) is 4.74 Å². The second-order valence-corrected chi connectivity index (χ2v) is 8.27. The highest BCUT2D eigenvalue weighted by Gasteiger charge is 2.24. The molecule has 0 saturated carbocycles. The summed E-state index contributed by atoms with van der Waals surface area (Å²) in [5.41, 5.74) is 2.81. The molecule has 0 spiro atoms. The zero-order valence-corrected chi connectivity index (χ0v) is 19.6. The minimum Gasteiger partial charge on any atom is -0.377 e. The fourth-order valence-electron chi connectivity index (χ4n) is 3.26. The van der Waals surface area contributed by atoms with Gasteiger partial charge in [0.1, 0.15) is 12.4 Å². The van der Waals surface area contributed by atoms with Crippen LogP contribution >= 0.6 is 0 Å². The minimum atomic E-state index is -0.416. The van der Waals surface area contributed by atoms with Gasteiger partial charge in [0.15, 0.2) is 0 Å². The second kappa shape index (κ2) is 11.5. The first-order chi connectivity index (χ1) is 15.1. The van der Waals surface area contributed by atoms with Crippen molar-refractivity contribution in [3.05, 3.63) is 53.8 Å². The Hall–Kier alpha value is -3.13. The van der Waals surface area contributed by atoms with Gasteiger partial charge in [0.05, 0.1) is 0 Å². The molecule has 1 atom stereocenters. The molecule has 2 aromatic carbocycles. The first kappa shape index (κ1) is 25.1. The van der Waals surface area contributed by atoms with E-state index in [-0.39, 0.29) is 30.5 Å². The van der Waals surface area contributed by atoms with Crippen molar-refractivity contribution in [2.45, 2.75) is 33.4 Å². The van der Waals surface area contributed by atoms with Gasteiger partial charge in [-0.1, -0.05) is 19.9 Å². The molecule has 1 unspecified atom stereocenters. The summed E-state index contributed by atoms with van der Waals surface area (Å²) in [5.74, 6) is -0.478. The molecule has 2 rings (SSSR count). The number of rotatable bonds is 9. The maximum atomic E-state index is 13.6. The maximum absolute atomic E-state index is 13.6. The Balaban J connectivity index is 2.36. The summed E-state index contributed by atoms with van der Waals surface area (Å²) in [5, 5.41) is 5.60. The molecule has 0 fully saturated rings. The van der Waals surface area contributed by atoms with Gasteiger partial charge in [-0.15, -0.1) is 0 Å². The quantitative estimate of drug-likeness (QED) is 0.595. The van der Waals surface area contributed by atoms with Crippen LogP contribution in [0.15, 0.2) is 42.5 Å². The lowest BCUT2D eigenvalue weighted by molar-refractivity contribution is -0.119. The van der Waals surface area contributed by atoms with E-state index in [1.165, 1.54) is 19.2 Å². The van der Waals surface area contributed by atoms with Crippen molar-refractivity contribution < 1.29 is 18.7 Å². The number of nitrogens with one attached hydrogen (secondary N) is 2. The monoisotopic (exact) mass is 444 g/mol. The molecular formula is C24H33FN4O3. The molecule has 32 heavy (non-hydrogen) atoms. The van der Waals surface area contributed by atoms with E-state index < -0.39 is 5.82 Å². The fraction of sp³-hybridized carbons (Fsp3) is 0.417. The number of methoxy groups -OCH3 is 1. The van der Waals surface area contributed by atoms with Crippen LogP contribution in [0.2, 0.25) is 0 Å². The topological polar surface area (TPSA) is 73.9 Å². The smallest absolute Gasteiger partial charge is 0.322 e. The van der Waals surface area contributed by atoms with Crippen LogP contribution in [0, 0.1) is 11.7 Å². The van der Waals surface area contributed by atoms with Gasteiger partial charge in [0, 0.05) is 50.9 Å². The van der Waals surface area contributed by atoms with Crippen molar-refractivity contribution in [3.63, 3.8) is 0 Å². The third-order valence-corrected chi connectivity index (χ3v) is 5.25.